The van der Waals surface area contributed by atoms with Gasteiger partial charge < -0.3 is 15.4 Å². The number of aromatic nitrogens is 2. The predicted octanol–water partition coefficient (Wildman–Crippen LogP) is 1.35. The van der Waals surface area contributed by atoms with Gasteiger partial charge in [0, 0.05) is 18.2 Å². The van der Waals surface area contributed by atoms with Crippen LogP contribution in [-0.4, -0.2) is 33.6 Å². The molecular weight excluding hydrogens is 306 g/mol. The third-order valence-electron chi connectivity index (χ3n) is 6.14. The van der Waals surface area contributed by atoms with Gasteiger partial charge >= 0.3 is 0 Å². The summed E-state index contributed by atoms with van der Waals surface area (Å²) in [4.78, 5) is 31.9. The number of carbonyl (C=O) groups is 1. The summed E-state index contributed by atoms with van der Waals surface area (Å²) in [5.74, 6) is 2.61. The van der Waals surface area contributed by atoms with Crippen molar-refractivity contribution in [3.05, 3.63) is 27.9 Å². The van der Waals surface area contributed by atoms with Crippen molar-refractivity contribution in [2.75, 3.05) is 6.54 Å². The largest absolute Gasteiger partial charge is 0.392 e. The summed E-state index contributed by atoms with van der Waals surface area (Å²) in [6, 6.07) is 0. The first-order chi connectivity index (χ1) is 11.4. The zero-order valence-corrected chi connectivity index (χ0v) is 14.0. The minimum atomic E-state index is -0.646. The molecule has 0 aliphatic heterocycles. The summed E-state index contributed by atoms with van der Waals surface area (Å²) in [6.07, 6.45) is 8.13. The summed E-state index contributed by atoms with van der Waals surface area (Å²) < 4.78 is 0. The fourth-order valence-electron chi connectivity index (χ4n) is 5.56. The maximum absolute atomic E-state index is 12.4. The van der Waals surface area contributed by atoms with E-state index in [1.54, 1.807) is 6.92 Å². The zero-order chi connectivity index (χ0) is 16.9. The summed E-state index contributed by atoms with van der Waals surface area (Å²) >= 11 is 0. The van der Waals surface area contributed by atoms with Crippen molar-refractivity contribution in [2.45, 2.75) is 57.0 Å². The third-order valence-corrected chi connectivity index (χ3v) is 6.14. The second kappa shape index (κ2) is 5.69. The lowest BCUT2D eigenvalue weighted by Gasteiger charge is -2.56. The average Bonchev–Trinajstić information content (AvgIpc) is 2.51. The van der Waals surface area contributed by atoms with Gasteiger partial charge in [0.05, 0.1) is 6.10 Å². The molecule has 4 saturated carbocycles. The van der Waals surface area contributed by atoms with E-state index in [4.69, 9.17) is 0 Å². The fraction of sp³-hybridized carbons (Fsp3) is 0.722. The van der Waals surface area contributed by atoms with Gasteiger partial charge in [-0.1, -0.05) is 0 Å². The third kappa shape index (κ3) is 2.66. The van der Waals surface area contributed by atoms with Crippen LogP contribution in [0.5, 0.6) is 0 Å². The Bertz CT molecular complexity index is 674. The van der Waals surface area contributed by atoms with Crippen LogP contribution in [-0.2, 0) is 5.41 Å². The number of aliphatic hydroxyl groups excluding tert-OH is 1. The Morgan fingerprint density at radius 2 is 1.92 bits per heavy atom. The predicted molar refractivity (Wildman–Crippen MR) is 88.7 cm³/mol. The molecule has 0 spiro atoms. The Balaban J connectivity index is 1.58. The lowest BCUT2D eigenvalue weighted by molar-refractivity contribution is -0.00953. The molecule has 24 heavy (non-hydrogen) atoms. The van der Waals surface area contributed by atoms with Gasteiger partial charge in [0.25, 0.3) is 11.5 Å². The molecule has 4 fully saturated rings. The van der Waals surface area contributed by atoms with Crippen molar-refractivity contribution in [3.8, 4) is 0 Å². The monoisotopic (exact) mass is 331 g/mol. The van der Waals surface area contributed by atoms with Gasteiger partial charge in [-0.25, -0.2) is 4.98 Å². The minimum Gasteiger partial charge on any atom is -0.392 e. The molecule has 4 bridgehead atoms. The second-order valence-electron chi connectivity index (χ2n) is 8.23. The number of H-pyrrole nitrogens is 1. The molecule has 0 radical (unpaired) electrons. The molecule has 1 unspecified atom stereocenters. The van der Waals surface area contributed by atoms with Crippen molar-refractivity contribution in [2.24, 2.45) is 17.8 Å². The first-order valence-corrected chi connectivity index (χ1v) is 9.01. The first kappa shape index (κ1) is 15.8. The SMILES string of the molecule is CC(O)CNC(=O)c1cnc(C23CC4CC(CC(C4)C2)C3)[nH]c1=O. The number of nitrogens with zero attached hydrogens (tertiary/aromatic N) is 1. The Hall–Kier alpha value is -1.69. The highest BCUT2D eigenvalue weighted by molar-refractivity contribution is 5.93. The van der Waals surface area contributed by atoms with Gasteiger partial charge in [0.1, 0.15) is 11.4 Å². The lowest BCUT2D eigenvalue weighted by atomic mass is 9.49. The van der Waals surface area contributed by atoms with Crippen LogP contribution >= 0.6 is 0 Å². The van der Waals surface area contributed by atoms with Gasteiger partial charge in [-0.3, -0.25) is 9.59 Å². The number of aromatic amines is 1. The molecule has 1 atom stereocenters. The Labute approximate surface area is 141 Å². The topological polar surface area (TPSA) is 95.1 Å². The Kier molecular flexibility index (Phi) is 3.75. The van der Waals surface area contributed by atoms with E-state index in [1.165, 1.54) is 25.5 Å². The van der Waals surface area contributed by atoms with Crippen LogP contribution in [0.25, 0.3) is 0 Å². The highest BCUT2D eigenvalue weighted by atomic mass is 16.3. The summed E-state index contributed by atoms with van der Waals surface area (Å²) in [7, 11) is 0. The molecule has 5 rings (SSSR count). The molecule has 4 aliphatic rings. The van der Waals surface area contributed by atoms with Crippen LogP contribution in [0.1, 0.15) is 61.6 Å². The number of hydrogen-bond donors (Lipinski definition) is 3. The second-order valence-corrected chi connectivity index (χ2v) is 8.23. The van der Waals surface area contributed by atoms with E-state index in [0.29, 0.717) is 0 Å². The van der Waals surface area contributed by atoms with Crippen LogP contribution in [0.4, 0.5) is 0 Å². The van der Waals surface area contributed by atoms with Crippen molar-refractivity contribution in [1.82, 2.24) is 15.3 Å². The molecule has 1 heterocycles. The number of rotatable bonds is 4. The Morgan fingerprint density at radius 3 is 2.42 bits per heavy atom. The van der Waals surface area contributed by atoms with Crippen molar-refractivity contribution >= 4 is 5.91 Å². The van der Waals surface area contributed by atoms with Crippen LogP contribution in [0.2, 0.25) is 0 Å². The van der Waals surface area contributed by atoms with E-state index in [9.17, 15) is 14.7 Å². The summed E-state index contributed by atoms with van der Waals surface area (Å²) in [5, 5.41) is 11.8. The van der Waals surface area contributed by atoms with E-state index < -0.39 is 12.0 Å². The van der Waals surface area contributed by atoms with Gasteiger partial charge in [-0.2, -0.15) is 0 Å². The standard InChI is InChI=1S/C18H25N3O3/c1-10(22)8-19-15(23)14-9-20-17(21-16(14)24)18-5-11-2-12(6-18)4-13(3-11)7-18/h9-13,22H,2-8H2,1H3,(H,19,23)(H,20,21,24). The van der Waals surface area contributed by atoms with E-state index >= 15 is 0 Å². The number of amides is 1. The number of aliphatic hydroxyl groups is 1. The molecule has 1 aromatic heterocycles. The quantitative estimate of drug-likeness (QED) is 0.776. The van der Waals surface area contributed by atoms with E-state index in [2.05, 4.69) is 15.3 Å². The van der Waals surface area contributed by atoms with Crippen LogP contribution in [0, 0.1) is 17.8 Å². The zero-order valence-electron chi connectivity index (χ0n) is 14.0. The average molecular weight is 331 g/mol. The highest BCUT2D eigenvalue weighted by Crippen LogP contribution is 2.59. The highest BCUT2D eigenvalue weighted by Gasteiger charge is 2.52. The molecule has 0 aromatic carbocycles. The molecule has 1 amide bonds. The molecular formula is C18H25N3O3. The smallest absolute Gasteiger partial charge is 0.263 e. The van der Waals surface area contributed by atoms with Gasteiger partial charge in [-0.05, 0) is 63.2 Å². The van der Waals surface area contributed by atoms with E-state index in [0.717, 1.165) is 42.8 Å². The van der Waals surface area contributed by atoms with E-state index in [-0.39, 0.29) is 23.1 Å². The molecule has 6 nitrogen and oxygen atoms in total. The van der Waals surface area contributed by atoms with Crippen molar-refractivity contribution < 1.29 is 9.90 Å². The molecule has 0 saturated heterocycles. The molecule has 130 valence electrons. The van der Waals surface area contributed by atoms with Crippen molar-refractivity contribution in [3.63, 3.8) is 0 Å². The summed E-state index contributed by atoms with van der Waals surface area (Å²) in [6.45, 7) is 1.70. The maximum atomic E-state index is 12.4. The normalized spacial score (nSPS) is 35.0. The maximum Gasteiger partial charge on any atom is 0.263 e. The molecule has 4 aliphatic carbocycles. The van der Waals surface area contributed by atoms with E-state index in [1.807, 2.05) is 0 Å². The van der Waals surface area contributed by atoms with Crippen LogP contribution in [0.15, 0.2) is 11.0 Å². The molecule has 3 N–H and O–H groups in total. The Morgan fingerprint density at radius 1 is 1.33 bits per heavy atom. The number of nitrogens with one attached hydrogen (secondary N) is 2. The van der Waals surface area contributed by atoms with Crippen molar-refractivity contribution in [1.29, 1.82) is 0 Å². The first-order valence-electron chi connectivity index (χ1n) is 9.01. The van der Waals surface area contributed by atoms with Gasteiger partial charge in [0.2, 0.25) is 0 Å². The summed E-state index contributed by atoms with van der Waals surface area (Å²) in [5.41, 5.74) is -0.342. The number of hydrogen-bond acceptors (Lipinski definition) is 4. The fourth-order valence-corrected chi connectivity index (χ4v) is 5.56. The van der Waals surface area contributed by atoms with Crippen LogP contribution < -0.4 is 10.9 Å². The number of carbonyl (C=O) groups excluding carboxylic acids is 1. The van der Waals surface area contributed by atoms with Gasteiger partial charge in [-0.15, -0.1) is 0 Å². The minimum absolute atomic E-state index is 0.0164. The lowest BCUT2D eigenvalue weighted by Crippen LogP contribution is -2.50. The molecule has 6 heteroatoms. The van der Waals surface area contributed by atoms with Crippen LogP contribution in [0.3, 0.4) is 0 Å². The van der Waals surface area contributed by atoms with Gasteiger partial charge in [0.15, 0.2) is 0 Å². The molecule has 1 aromatic rings.